The van der Waals surface area contributed by atoms with Gasteiger partial charge >= 0.3 is 0 Å². The van der Waals surface area contributed by atoms with E-state index in [1.54, 1.807) is 11.3 Å². The summed E-state index contributed by atoms with van der Waals surface area (Å²) in [6.45, 7) is 3.72. The number of hydrogen-bond donors (Lipinski definition) is 0. The van der Waals surface area contributed by atoms with Gasteiger partial charge in [-0.25, -0.2) is 4.98 Å². The minimum atomic E-state index is 0.129. The van der Waals surface area contributed by atoms with Crippen molar-refractivity contribution in [3.8, 4) is 0 Å². The molecule has 1 fully saturated rings. The van der Waals surface area contributed by atoms with Crippen LogP contribution >= 0.6 is 11.3 Å². The van der Waals surface area contributed by atoms with Crippen molar-refractivity contribution in [3.63, 3.8) is 0 Å². The molecule has 1 atom stereocenters. The van der Waals surface area contributed by atoms with E-state index < -0.39 is 0 Å². The molecule has 1 aromatic carbocycles. The molecule has 5 heteroatoms. The zero-order chi connectivity index (χ0) is 17.1. The van der Waals surface area contributed by atoms with Gasteiger partial charge in [-0.2, -0.15) is 0 Å². The number of carbonyl (C=O) groups is 1. The molecule has 0 aliphatic carbocycles. The Labute approximate surface area is 148 Å². The van der Waals surface area contributed by atoms with E-state index >= 15 is 0 Å². The summed E-state index contributed by atoms with van der Waals surface area (Å²) in [6, 6.07) is 8.16. The third-order valence-corrected chi connectivity index (χ3v) is 5.45. The van der Waals surface area contributed by atoms with Gasteiger partial charge in [-0.15, -0.1) is 11.3 Å². The Morgan fingerprint density at radius 2 is 2.04 bits per heavy atom. The van der Waals surface area contributed by atoms with E-state index in [0.717, 1.165) is 48.6 Å². The number of amides is 1. The minimum Gasteiger partial charge on any atom is -0.329 e. The van der Waals surface area contributed by atoms with Crippen LogP contribution in [0.2, 0.25) is 0 Å². The van der Waals surface area contributed by atoms with E-state index in [0.29, 0.717) is 0 Å². The molecule has 128 valence electrons. The number of likely N-dealkylation sites (tertiary alicyclic amines) is 1. The highest BCUT2D eigenvalue weighted by molar-refractivity contribution is 7.09. The molecular weight excluding hydrogens is 318 g/mol. The van der Waals surface area contributed by atoms with Gasteiger partial charge in [-0.1, -0.05) is 12.1 Å². The molecule has 4 nitrogen and oxygen atoms in total. The fourth-order valence-corrected chi connectivity index (χ4v) is 4.18. The van der Waals surface area contributed by atoms with E-state index in [2.05, 4.69) is 27.4 Å². The summed E-state index contributed by atoms with van der Waals surface area (Å²) < 4.78 is 0. The van der Waals surface area contributed by atoms with Gasteiger partial charge in [0.25, 0.3) is 5.91 Å². The van der Waals surface area contributed by atoms with Crippen LogP contribution < -0.4 is 0 Å². The van der Waals surface area contributed by atoms with Gasteiger partial charge in [0, 0.05) is 29.7 Å². The molecule has 1 aliphatic heterocycles. The van der Waals surface area contributed by atoms with Crippen LogP contribution in [-0.4, -0.2) is 41.3 Å². The maximum Gasteiger partial charge on any atom is 0.254 e. The first-order chi connectivity index (χ1) is 11.5. The van der Waals surface area contributed by atoms with Crippen LogP contribution in [0.15, 0.2) is 29.6 Å². The average Bonchev–Trinajstić information content (AvgIpc) is 3.01. The maximum absolute atomic E-state index is 13.0. The van der Waals surface area contributed by atoms with Crippen molar-refractivity contribution in [3.05, 3.63) is 51.5 Å². The van der Waals surface area contributed by atoms with Crippen molar-refractivity contribution in [2.24, 2.45) is 0 Å². The van der Waals surface area contributed by atoms with Gasteiger partial charge in [-0.05, 0) is 58.0 Å². The van der Waals surface area contributed by atoms with Gasteiger partial charge in [0.1, 0.15) is 5.01 Å². The monoisotopic (exact) mass is 343 g/mol. The molecule has 1 saturated heterocycles. The lowest BCUT2D eigenvalue weighted by atomic mass is 10.0. The first-order valence-electron chi connectivity index (χ1n) is 8.51. The maximum atomic E-state index is 13.0. The van der Waals surface area contributed by atoms with Crippen LogP contribution in [0.25, 0.3) is 0 Å². The third kappa shape index (κ3) is 3.84. The number of rotatable bonds is 4. The Hall–Kier alpha value is -1.72. The predicted octanol–water partition coefficient (Wildman–Crippen LogP) is 3.88. The number of benzene rings is 1. The first kappa shape index (κ1) is 17.1. The minimum absolute atomic E-state index is 0.129. The molecule has 1 aromatic heterocycles. The fourth-order valence-electron chi connectivity index (χ4n) is 3.24. The fraction of sp³-hybridized carbons (Fsp3) is 0.474. The summed E-state index contributed by atoms with van der Waals surface area (Å²) in [5.74, 6) is 0.129. The Balaban J connectivity index is 1.78. The first-order valence-corrected chi connectivity index (χ1v) is 9.39. The molecule has 24 heavy (non-hydrogen) atoms. The van der Waals surface area contributed by atoms with E-state index in [-0.39, 0.29) is 11.9 Å². The van der Waals surface area contributed by atoms with Crippen molar-refractivity contribution >= 4 is 17.2 Å². The van der Waals surface area contributed by atoms with Crippen LogP contribution in [0.1, 0.15) is 51.9 Å². The molecule has 1 amide bonds. The average molecular weight is 343 g/mol. The van der Waals surface area contributed by atoms with E-state index in [9.17, 15) is 4.79 Å². The lowest BCUT2D eigenvalue weighted by Gasteiger charge is -2.34. The number of aryl methyl sites for hydroxylation is 1. The van der Waals surface area contributed by atoms with Gasteiger partial charge < -0.3 is 9.80 Å². The second kappa shape index (κ2) is 7.45. The second-order valence-corrected chi connectivity index (χ2v) is 7.66. The van der Waals surface area contributed by atoms with Gasteiger partial charge in [0.15, 0.2) is 0 Å². The molecule has 0 radical (unpaired) electrons. The third-order valence-electron chi connectivity index (χ3n) is 4.39. The normalized spacial score (nSPS) is 18.2. The number of piperidine rings is 1. The van der Waals surface area contributed by atoms with Crippen molar-refractivity contribution in [1.29, 1.82) is 0 Å². The summed E-state index contributed by atoms with van der Waals surface area (Å²) in [7, 11) is 4.10. The largest absolute Gasteiger partial charge is 0.329 e. The van der Waals surface area contributed by atoms with E-state index in [1.807, 2.05) is 38.1 Å². The highest BCUT2D eigenvalue weighted by Gasteiger charge is 2.30. The van der Waals surface area contributed by atoms with Crippen LogP contribution in [0, 0.1) is 6.92 Å². The lowest BCUT2D eigenvalue weighted by Crippen LogP contribution is -2.38. The molecule has 0 N–H and O–H groups in total. The molecule has 0 spiro atoms. The molecule has 2 heterocycles. The standard InChI is InChI=1S/C19H25N3OS/c1-14-13-24-18(20-14)17-6-4-5-11-22(17)19(23)16-9-7-15(8-10-16)12-21(2)3/h7-10,13,17H,4-6,11-12H2,1-3H3/t17-/m1/s1. The van der Waals surface area contributed by atoms with Crippen molar-refractivity contribution in [2.45, 2.75) is 38.8 Å². The van der Waals surface area contributed by atoms with E-state index in [1.165, 1.54) is 5.56 Å². The summed E-state index contributed by atoms with van der Waals surface area (Å²) in [4.78, 5) is 21.8. The highest BCUT2D eigenvalue weighted by atomic mass is 32.1. The summed E-state index contributed by atoms with van der Waals surface area (Å²) in [5.41, 5.74) is 3.04. The van der Waals surface area contributed by atoms with Gasteiger partial charge in [0.05, 0.1) is 6.04 Å². The van der Waals surface area contributed by atoms with Crippen molar-refractivity contribution < 1.29 is 4.79 Å². The molecule has 0 bridgehead atoms. The molecule has 1 aliphatic rings. The highest BCUT2D eigenvalue weighted by Crippen LogP contribution is 2.33. The Kier molecular flexibility index (Phi) is 5.31. The Morgan fingerprint density at radius 1 is 1.29 bits per heavy atom. The second-order valence-electron chi connectivity index (χ2n) is 6.77. The molecule has 2 aromatic rings. The quantitative estimate of drug-likeness (QED) is 0.845. The SMILES string of the molecule is Cc1csc([C@H]2CCCCN2C(=O)c2ccc(CN(C)C)cc2)n1. The number of aromatic nitrogens is 1. The van der Waals surface area contributed by atoms with Crippen LogP contribution in [-0.2, 0) is 6.54 Å². The molecule has 3 rings (SSSR count). The van der Waals surface area contributed by atoms with Crippen LogP contribution in [0.4, 0.5) is 0 Å². The van der Waals surface area contributed by atoms with Gasteiger partial charge in [0.2, 0.25) is 0 Å². The lowest BCUT2D eigenvalue weighted by molar-refractivity contribution is 0.0611. The summed E-state index contributed by atoms with van der Waals surface area (Å²) in [6.07, 6.45) is 3.25. The zero-order valence-corrected chi connectivity index (χ0v) is 15.5. The van der Waals surface area contributed by atoms with Crippen LogP contribution in [0.3, 0.4) is 0 Å². The molecule has 0 unspecified atom stereocenters. The smallest absolute Gasteiger partial charge is 0.254 e. The van der Waals surface area contributed by atoms with Crippen molar-refractivity contribution in [1.82, 2.24) is 14.8 Å². The number of thiazole rings is 1. The number of carbonyl (C=O) groups excluding carboxylic acids is 1. The van der Waals surface area contributed by atoms with Crippen LogP contribution in [0.5, 0.6) is 0 Å². The molecular formula is C19H25N3OS. The topological polar surface area (TPSA) is 36.4 Å². The number of hydrogen-bond acceptors (Lipinski definition) is 4. The predicted molar refractivity (Wildman–Crippen MR) is 98.3 cm³/mol. The van der Waals surface area contributed by atoms with E-state index in [4.69, 9.17) is 0 Å². The summed E-state index contributed by atoms with van der Waals surface area (Å²) in [5, 5.41) is 3.15. The number of nitrogens with zero attached hydrogens (tertiary/aromatic N) is 3. The van der Waals surface area contributed by atoms with Gasteiger partial charge in [-0.3, -0.25) is 4.79 Å². The van der Waals surface area contributed by atoms with Crippen molar-refractivity contribution in [2.75, 3.05) is 20.6 Å². The molecule has 0 saturated carbocycles. The summed E-state index contributed by atoms with van der Waals surface area (Å²) >= 11 is 1.67. The Morgan fingerprint density at radius 3 is 2.67 bits per heavy atom. The Bertz CT molecular complexity index is 693. The zero-order valence-electron chi connectivity index (χ0n) is 14.7.